The zero-order valence-electron chi connectivity index (χ0n) is 9.88. The first kappa shape index (κ1) is 12.5. The zero-order valence-corrected chi connectivity index (χ0v) is 9.88. The summed E-state index contributed by atoms with van der Waals surface area (Å²) in [5.74, 6) is 0.0658. The van der Waals surface area contributed by atoms with E-state index in [4.69, 9.17) is 10.5 Å². The quantitative estimate of drug-likeness (QED) is 0.654. The average molecular weight is 214 g/mol. The maximum absolute atomic E-state index is 11.6. The number of hydrogen-bond donors (Lipinski definition) is 2. The molecule has 1 rings (SSSR count). The maximum atomic E-state index is 11.6. The maximum Gasteiger partial charge on any atom is 0.240 e. The van der Waals surface area contributed by atoms with Gasteiger partial charge in [-0.05, 0) is 39.5 Å². The molecule has 0 aliphatic heterocycles. The first-order valence-corrected chi connectivity index (χ1v) is 5.68. The van der Waals surface area contributed by atoms with Gasteiger partial charge in [-0.15, -0.1) is 0 Å². The molecular weight excluding hydrogens is 192 g/mol. The molecule has 1 atom stereocenters. The first-order chi connectivity index (χ1) is 7.03. The second-order valence-electron chi connectivity index (χ2n) is 4.55. The van der Waals surface area contributed by atoms with E-state index < -0.39 is 5.54 Å². The van der Waals surface area contributed by atoms with E-state index in [1.807, 2.05) is 20.8 Å². The summed E-state index contributed by atoms with van der Waals surface area (Å²) in [6, 6.07) is 0.235. The van der Waals surface area contributed by atoms with Gasteiger partial charge >= 0.3 is 0 Å². The van der Waals surface area contributed by atoms with Crippen LogP contribution < -0.4 is 11.1 Å². The summed E-state index contributed by atoms with van der Waals surface area (Å²) >= 11 is 0. The van der Waals surface area contributed by atoms with Crippen molar-refractivity contribution in [3.63, 3.8) is 0 Å². The van der Waals surface area contributed by atoms with Crippen molar-refractivity contribution < 1.29 is 9.53 Å². The molecule has 4 nitrogen and oxygen atoms in total. The van der Waals surface area contributed by atoms with Crippen molar-refractivity contribution in [3.05, 3.63) is 0 Å². The monoisotopic (exact) mass is 214 g/mol. The average Bonchev–Trinajstić information content (AvgIpc) is 2.94. The van der Waals surface area contributed by atoms with Crippen molar-refractivity contribution in [1.82, 2.24) is 5.32 Å². The largest absolute Gasteiger partial charge is 0.379 e. The number of ether oxygens (including phenoxy) is 1. The van der Waals surface area contributed by atoms with Gasteiger partial charge in [0.2, 0.25) is 5.91 Å². The van der Waals surface area contributed by atoms with Crippen LogP contribution in [0.3, 0.4) is 0 Å². The number of carbonyl (C=O) groups excluding carboxylic acids is 1. The Morgan fingerprint density at radius 2 is 2.20 bits per heavy atom. The van der Waals surface area contributed by atoms with Gasteiger partial charge in [-0.3, -0.25) is 10.1 Å². The molecule has 1 fully saturated rings. The SMILES string of the molecule is CCOCC(NC(C)C)(C(N)=O)C1CC1. The standard InChI is InChI=1S/C11H22N2O2/c1-4-15-7-11(10(12)14,9-5-6-9)13-8(2)3/h8-9,13H,4-7H2,1-3H3,(H2,12,14). The Hall–Kier alpha value is -0.610. The normalized spacial score (nSPS) is 20.3. The van der Waals surface area contributed by atoms with Gasteiger partial charge in [-0.25, -0.2) is 0 Å². The summed E-state index contributed by atoms with van der Waals surface area (Å²) in [7, 11) is 0. The Balaban J connectivity index is 2.73. The minimum atomic E-state index is -0.649. The van der Waals surface area contributed by atoms with Crippen LogP contribution in [0.15, 0.2) is 0 Å². The fourth-order valence-electron chi connectivity index (χ4n) is 1.98. The lowest BCUT2D eigenvalue weighted by atomic mass is 9.92. The summed E-state index contributed by atoms with van der Waals surface area (Å²) in [5.41, 5.74) is 4.87. The van der Waals surface area contributed by atoms with E-state index >= 15 is 0 Å². The molecule has 1 saturated carbocycles. The van der Waals surface area contributed by atoms with Crippen LogP contribution in [0.1, 0.15) is 33.6 Å². The van der Waals surface area contributed by atoms with Gasteiger partial charge < -0.3 is 10.5 Å². The van der Waals surface area contributed by atoms with Gasteiger partial charge in [-0.2, -0.15) is 0 Å². The molecule has 0 spiro atoms. The van der Waals surface area contributed by atoms with Crippen LogP contribution in [0.4, 0.5) is 0 Å². The highest BCUT2D eigenvalue weighted by molar-refractivity contribution is 5.85. The molecule has 3 N–H and O–H groups in total. The molecule has 0 aromatic carbocycles. The van der Waals surface area contributed by atoms with Crippen molar-refractivity contribution in [2.45, 2.75) is 45.2 Å². The predicted molar refractivity (Wildman–Crippen MR) is 59.4 cm³/mol. The minimum absolute atomic E-state index is 0.235. The molecule has 0 radical (unpaired) electrons. The molecule has 0 saturated heterocycles. The molecule has 1 aliphatic carbocycles. The van der Waals surface area contributed by atoms with E-state index in [0.29, 0.717) is 19.1 Å². The third-order valence-corrected chi connectivity index (χ3v) is 2.79. The summed E-state index contributed by atoms with van der Waals surface area (Å²) in [6.07, 6.45) is 2.13. The van der Waals surface area contributed by atoms with Crippen molar-refractivity contribution in [2.24, 2.45) is 11.7 Å². The second kappa shape index (κ2) is 4.94. The minimum Gasteiger partial charge on any atom is -0.379 e. The third-order valence-electron chi connectivity index (χ3n) is 2.79. The predicted octanol–water partition coefficient (Wildman–Crippen LogP) is 0.655. The molecule has 0 bridgehead atoms. The van der Waals surface area contributed by atoms with Crippen molar-refractivity contribution in [2.75, 3.05) is 13.2 Å². The number of primary amides is 1. The lowest BCUT2D eigenvalue weighted by molar-refractivity contribution is -0.128. The number of amides is 1. The Bertz CT molecular complexity index is 227. The Morgan fingerprint density at radius 1 is 1.60 bits per heavy atom. The highest BCUT2D eigenvalue weighted by Gasteiger charge is 2.50. The molecule has 1 unspecified atom stereocenters. The van der Waals surface area contributed by atoms with E-state index in [9.17, 15) is 4.79 Å². The number of carbonyl (C=O) groups is 1. The molecule has 88 valence electrons. The molecule has 1 aliphatic rings. The van der Waals surface area contributed by atoms with E-state index in [2.05, 4.69) is 5.32 Å². The van der Waals surface area contributed by atoms with E-state index in [0.717, 1.165) is 12.8 Å². The summed E-state index contributed by atoms with van der Waals surface area (Å²) in [5, 5.41) is 3.29. The highest BCUT2D eigenvalue weighted by atomic mass is 16.5. The Labute approximate surface area is 91.5 Å². The fraction of sp³-hybridized carbons (Fsp3) is 0.909. The van der Waals surface area contributed by atoms with Crippen LogP contribution >= 0.6 is 0 Å². The van der Waals surface area contributed by atoms with Gasteiger partial charge in [0, 0.05) is 12.6 Å². The van der Waals surface area contributed by atoms with Gasteiger partial charge in [0.15, 0.2) is 0 Å². The number of nitrogens with one attached hydrogen (secondary N) is 1. The highest BCUT2D eigenvalue weighted by Crippen LogP contribution is 2.40. The first-order valence-electron chi connectivity index (χ1n) is 5.68. The van der Waals surface area contributed by atoms with Crippen LogP contribution in [0.25, 0.3) is 0 Å². The van der Waals surface area contributed by atoms with Crippen molar-refractivity contribution in [3.8, 4) is 0 Å². The van der Waals surface area contributed by atoms with Crippen molar-refractivity contribution >= 4 is 5.91 Å². The lowest BCUT2D eigenvalue weighted by Gasteiger charge is -2.33. The van der Waals surface area contributed by atoms with Crippen LogP contribution in [0.5, 0.6) is 0 Å². The van der Waals surface area contributed by atoms with E-state index in [1.165, 1.54) is 0 Å². The lowest BCUT2D eigenvalue weighted by Crippen LogP contribution is -2.62. The van der Waals surface area contributed by atoms with Gasteiger partial charge in [0.05, 0.1) is 6.61 Å². The summed E-state index contributed by atoms with van der Waals surface area (Å²) < 4.78 is 5.40. The molecule has 1 amide bonds. The number of nitrogens with two attached hydrogens (primary N) is 1. The molecular formula is C11H22N2O2. The third kappa shape index (κ3) is 2.92. The summed E-state index contributed by atoms with van der Waals surface area (Å²) in [4.78, 5) is 11.6. The zero-order chi connectivity index (χ0) is 11.5. The molecule has 0 aromatic rings. The molecule has 0 aromatic heterocycles. The van der Waals surface area contributed by atoms with E-state index in [1.54, 1.807) is 0 Å². The van der Waals surface area contributed by atoms with Crippen LogP contribution in [0, 0.1) is 5.92 Å². The van der Waals surface area contributed by atoms with Crippen molar-refractivity contribution in [1.29, 1.82) is 0 Å². The van der Waals surface area contributed by atoms with Gasteiger partial charge in [0.1, 0.15) is 5.54 Å². The van der Waals surface area contributed by atoms with Crippen LogP contribution in [-0.4, -0.2) is 30.7 Å². The number of rotatable bonds is 7. The fourth-order valence-corrected chi connectivity index (χ4v) is 1.98. The topological polar surface area (TPSA) is 64.3 Å². The Kier molecular flexibility index (Phi) is 4.11. The molecule has 4 heteroatoms. The summed E-state index contributed by atoms with van der Waals surface area (Å²) in [6.45, 7) is 6.97. The second-order valence-corrected chi connectivity index (χ2v) is 4.55. The molecule has 0 heterocycles. The van der Waals surface area contributed by atoms with E-state index in [-0.39, 0.29) is 11.9 Å². The molecule has 15 heavy (non-hydrogen) atoms. The van der Waals surface area contributed by atoms with Crippen LogP contribution in [-0.2, 0) is 9.53 Å². The van der Waals surface area contributed by atoms with Crippen LogP contribution in [0.2, 0.25) is 0 Å². The van der Waals surface area contributed by atoms with Gasteiger partial charge in [-0.1, -0.05) is 0 Å². The van der Waals surface area contributed by atoms with Gasteiger partial charge in [0.25, 0.3) is 0 Å². The number of hydrogen-bond acceptors (Lipinski definition) is 3. The Morgan fingerprint density at radius 3 is 2.53 bits per heavy atom. The smallest absolute Gasteiger partial charge is 0.240 e.